The molecule has 0 spiro atoms. The van der Waals surface area contributed by atoms with Crippen LogP contribution in [0.15, 0.2) is 29.3 Å². The van der Waals surface area contributed by atoms with Crippen LogP contribution >= 0.6 is 24.0 Å². The lowest BCUT2D eigenvalue weighted by molar-refractivity contribution is -0.135. The number of nitrogens with zero attached hydrogens (tertiary/aromatic N) is 5. The molecule has 1 amide bonds. The van der Waals surface area contributed by atoms with Gasteiger partial charge in [-0.3, -0.25) is 19.6 Å². The molecule has 3 rings (SSSR count). The number of amides is 1. The van der Waals surface area contributed by atoms with E-state index in [-0.39, 0.29) is 30.0 Å². The van der Waals surface area contributed by atoms with Crippen LogP contribution in [-0.2, 0) is 17.9 Å². The van der Waals surface area contributed by atoms with Crippen LogP contribution in [0.2, 0.25) is 0 Å². The van der Waals surface area contributed by atoms with E-state index in [9.17, 15) is 4.79 Å². The van der Waals surface area contributed by atoms with E-state index >= 15 is 0 Å². The van der Waals surface area contributed by atoms with Crippen LogP contribution in [0.5, 0.6) is 0 Å². The minimum absolute atomic E-state index is 0. The summed E-state index contributed by atoms with van der Waals surface area (Å²) in [7, 11) is 1.86. The number of rotatable bonds is 8. The summed E-state index contributed by atoms with van der Waals surface area (Å²) < 4.78 is 0. The van der Waals surface area contributed by atoms with Gasteiger partial charge in [-0.2, -0.15) is 0 Å². The van der Waals surface area contributed by atoms with Crippen molar-refractivity contribution >= 4 is 35.8 Å². The molecule has 33 heavy (non-hydrogen) atoms. The second-order valence-corrected chi connectivity index (χ2v) is 8.86. The number of benzene rings is 1. The number of likely N-dealkylation sites (tertiary alicyclic amines) is 1. The molecule has 1 N–H and O–H groups in total. The fourth-order valence-electron chi connectivity index (χ4n) is 4.76. The maximum atomic E-state index is 12.8. The quantitative estimate of drug-likeness (QED) is 0.296. The average molecular weight is 571 g/mol. The predicted molar refractivity (Wildman–Crippen MR) is 147 cm³/mol. The Morgan fingerprint density at radius 2 is 1.61 bits per heavy atom. The highest BCUT2D eigenvalue weighted by Gasteiger charge is 2.30. The van der Waals surface area contributed by atoms with Gasteiger partial charge in [0, 0.05) is 59.4 Å². The van der Waals surface area contributed by atoms with E-state index in [0.717, 1.165) is 84.2 Å². The van der Waals surface area contributed by atoms with Crippen molar-refractivity contribution in [3.63, 3.8) is 0 Å². The number of piperazine rings is 1. The van der Waals surface area contributed by atoms with Gasteiger partial charge in [0.05, 0.1) is 6.04 Å². The summed E-state index contributed by atoms with van der Waals surface area (Å²) in [4.78, 5) is 26.4. The molecule has 186 valence electrons. The molecule has 0 saturated carbocycles. The van der Waals surface area contributed by atoms with Gasteiger partial charge in [-0.05, 0) is 44.0 Å². The number of aliphatic imine (C=N–C) groups is 1. The smallest absolute Gasteiger partial charge is 0.239 e. The number of carbonyl (C=O) groups is 1. The largest absolute Gasteiger partial charge is 0.352 e. The third-order valence-corrected chi connectivity index (χ3v) is 6.99. The van der Waals surface area contributed by atoms with Crippen molar-refractivity contribution in [2.75, 3.05) is 59.4 Å². The van der Waals surface area contributed by atoms with Gasteiger partial charge in [0.1, 0.15) is 0 Å². The third kappa shape index (κ3) is 7.55. The summed E-state index contributed by atoms with van der Waals surface area (Å²) in [6.45, 7) is 15.8. The average Bonchev–Trinajstić information content (AvgIpc) is 3.38. The number of hydrogen-bond acceptors (Lipinski definition) is 4. The van der Waals surface area contributed by atoms with Gasteiger partial charge in [-0.25, -0.2) is 0 Å². The van der Waals surface area contributed by atoms with Crippen LogP contribution in [0, 0.1) is 0 Å². The zero-order valence-electron chi connectivity index (χ0n) is 20.9. The highest BCUT2D eigenvalue weighted by molar-refractivity contribution is 14.0. The van der Waals surface area contributed by atoms with Crippen LogP contribution < -0.4 is 5.32 Å². The topological polar surface area (TPSA) is 54.4 Å². The summed E-state index contributed by atoms with van der Waals surface area (Å²) in [6, 6.07) is 8.65. The third-order valence-electron chi connectivity index (χ3n) is 6.99. The zero-order chi connectivity index (χ0) is 22.9. The number of halogens is 1. The van der Waals surface area contributed by atoms with Crippen molar-refractivity contribution in [3.05, 3.63) is 35.4 Å². The molecule has 2 heterocycles. The molecule has 2 saturated heterocycles. The number of hydrogen-bond donors (Lipinski definition) is 1. The first-order chi connectivity index (χ1) is 15.6. The molecule has 1 aromatic rings. The van der Waals surface area contributed by atoms with E-state index in [1.54, 1.807) is 0 Å². The minimum Gasteiger partial charge on any atom is -0.352 e. The van der Waals surface area contributed by atoms with Crippen molar-refractivity contribution in [1.29, 1.82) is 0 Å². The van der Waals surface area contributed by atoms with Crippen molar-refractivity contribution in [3.8, 4) is 0 Å². The maximum absolute atomic E-state index is 12.8. The minimum atomic E-state index is -0.0304. The Bertz CT molecular complexity index is 755. The molecule has 2 fully saturated rings. The molecule has 0 bridgehead atoms. The van der Waals surface area contributed by atoms with Crippen molar-refractivity contribution in [2.24, 2.45) is 4.99 Å². The number of guanidine groups is 1. The summed E-state index contributed by atoms with van der Waals surface area (Å²) >= 11 is 0. The Morgan fingerprint density at radius 1 is 1.00 bits per heavy atom. The van der Waals surface area contributed by atoms with E-state index in [4.69, 9.17) is 0 Å². The molecule has 7 nitrogen and oxygen atoms in total. The van der Waals surface area contributed by atoms with Crippen molar-refractivity contribution < 1.29 is 4.79 Å². The molecular weight excluding hydrogens is 527 g/mol. The van der Waals surface area contributed by atoms with Gasteiger partial charge in [0.2, 0.25) is 5.91 Å². The zero-order valence-corrected chi connectivity index (χ0v) is 23.3. The van der Waals surface area contributed by atoms with Gasteiger partial charge in [0.25, 0.3) is 0 Å². The van der Waals surface area contributed by atoms with Crippen LogP contribution in [-0.4, -0.2) is 96.9 Å². The summed E-state index contributed by atoms with van der Waals surface area (Å²) in [5.41, 5.74) is 2.70. The lowest BCUT2D eigenvalue weighted by Gasteiger charge is -2.39. The summed E-state index contributed by atoms with van der Waals surface area (Å²) in [5.74, 6) is 1.24. The lowest BCUT2D eigenvalue weighted by Crippen LogP contribution is -2.57. The lowest BCUT2D eigenvalue weighted by atomic mass is 10.1. The second kappa shape index (κ2) is 14.1. The van der Waals surface area contributed by atoms with Crippen molar-refractivity contribution in [1.82, 2.24) is 24.9 Å². The molecule has 0 aromatic heterocycles. The molecular formula is C25H43IN6O. The Morgan fingerprint density at radius 3 is 2.18 bits per heavy atom. The summed E-state index contributed by atoms with van der Waals surface area (Å²) in [5, 5.41) is 3.58. The Kier molecular flexibility index (Phi) is 11.9. The first kappa shape index (κ1) is 27.9. The van der Waals surface area contributed by atoms with Crippen LogP contribution in [0.25, 0.3) is 0 Å². The van der Waals surface area contributed by atoms with Gasteiger partial charge >= 0.3 is 0 Å². The first-order valence-electron chi connectivity index (χ1n) is 12.3. The van der Waals surface area contributed by atoms with Gasteiger partial charge < -0.3 is 15.1 Å². The molecule has 2 aliphatic rings. The van der Waals surface area contributed by atoms with Crippen LogP contribution in [0.1, 0.15) is 44.7 Å². The predicted octanol–water partition coefficient (Wildman–Crippen LogP) is 2.85. The van der Waals surface area contributed by atoms with Gasteiger partial charge in [0.15, 0.2) is 5.96 Å². The standard InChI is InChI=1S/C25H42N6O.HI/c1-5-28(6-2)20-23-12-8-7-11-22(23)19-27-25(26-4)31-17-15-29(16-18-31)21(3)24(32)30-13-9-10-14-30;/h7-8,11-12,21H,5-6,9-10,13-20H2,1-4H3,(H,26,27);1H. The SMILES string of the molecule is CCN(CC)Cc1ccccc1CNC(=NC)N1CCN(C(C)C(=O)N2CCCC2)CC1.I. The Hall–Kier alpha value is -1.39. The van der Waals surface area contributed by atoms with Crippen molar-refractivity contribution in [2.45, 2.75) is 52.7 Å². The van der Waals surface area contributed by atoms with Crippen LogP contribution in [0.3, 0.4) is 0 Å². The number of nitrogens with one attached hydrogen (secondary N) is 1. The van der Waals surface area contributed by atoms with E-state index in [1.165, 1.54) is 11.1 Å². The highest BCUT2D eigenvalue weighted by Crippen LogP contribution is 2.15. The first-order valence-corrected chi connectivity index (χ1v) is 12.3. The van der Waals surface area contributed by atoms with E-state index in [0.29, 0.717) is 5.91 Å². The monoisotopic (exact) mass is 570 g/mol. The molecule has 2 aliphatic heterocycles. The van der Waals surface area contributed by atoms with E-state index < -0.39 is 0 Å². The van der Waals surface area contributed by atoms with Gasteiger partial charge in [-0.1, -0.05) is 38.1 Å². The summed E-state index contributed by atoms with van der Waals surface area (Å²) in [6.07, 6.45) is 2.29. The molecule has 1 aromatic carbocycles. The molecule has 8 heteroatoms. The highest BCUT2D eigenvalue weighted by atomic mass is 127. The Balaban J connectivity index is 0.00000385. The number of carbonyl (C=O) groups excluding carboxylic acids is 1. The fourth-order valence-corrected chi connectivity index (χ4v) is 4.76. The molecule has 0 aliphatic carbocycles. The molecule has 0 radical (unpaired) electrons. The van der Waals surface area contributed by atoms with Gasteiger partial charge in [-0.15, -0.1) is 24.0 Å². The van der Waals surface area contributed by atoms with E-state index in [2.05, 4.69) is 70.0 Å². The Labute approximate surface area is 217 Å². The fraction of sp³-hybridized carbons (Fsp3) is 0.680. The second-order valence-electron chi connectivity index (χ2n) is 8.86. The molecule has 1 unspecified atom stereocenters. The normalized spacial score (nSPS) is 18.4. The molecule has 1 atom stereocenters. The van der Waals surface area contributed by atoms with E-state index in [1.807, 2.05) is 11.9 Å². The maximum Gasteiger partial charge on any atom is 0.239 e. The van der Waals surface area contributed by atoms with Crippen LogP contribution in [0.4, 0.5) is 0 Å².